The molecule has 6 nitrogen and oxygen atoms in total. The molecule has 0 aromatic carbocycles. The van der Waals surface area contributed by atoms with Gasteiger partial charge in [0.2, 0.25) is 0 Å². The van der Waals surface area contributed by atoms with Crippen LogP contribution in [0.15, 0.2) is 9.95 Å². The summed E-state index contributed by atoms with van der Waals surface area (Å²) in [6.45, 7) is 2.40. The number of aromatic amines is 1. The molecular weight excluding hydrogens is 298 g/mol. The fraction of sp³-hybridized carbons (Fsp3) is 0.625. The number of hydrogen-bond acceptors (Lipinski definition) is 5. The minimum Gasteiger partial charge on any atom is -0.468 e. The molecule has 1 rings (SSSR count). The first-order chi connectivity index (χ1) is 7.60. The van der Waals surface area contributed by atoms with Gasteiger partial charge in [0.15, 0.2) is 5.16 Å². The summed E-state index contributed by atoms with van der Waals surface area (Å²) in [6, 6.07) is 0. The van der Waals surface area contributed by atoms with Crippen molar-refractivity contribution in [3.63, 3.8) is 0 Å². The summed E-state index contributed by atoms with van der Waals surface area (Å²) in [5, 5.41) is 6.79. The molecule has 16 heavy (non-hydrogen) atoms. The normalized spacial score (nSPS) is 12.4. The first-order valence-corrected chi connectivity index (χ1v) is 6.50. The third kappa shape index (κ3) is 3.11. The van der Waals surface area contributed by atoms with Crippen molar-refractivity contribution in [2.75, 3.05) is 12.9 Å². The molecule has 0 bridgehead atoms. The van der Waals surface area contributed by atoms with Crippen molar-refractivity contribution in [2.45, 2.75) is 23.5 Å². The van der Waals surface area contributed by atoms with Gasteiger partial charge in [0.1, 0.15) is 4.83 Å². The van der Waals surface area contributed by atoms with Crippen molar-refractivity contribution in [2.24, 2.45) is 0 Å². The summed E-state index contributed by atoms with van der Waals surface area (Å²) >= 11 is 4.51. The van der Waals surface area contributed by atoms with Crippen LogP contribution in [0.4, 0.5) is 0 Å². The van der Waals surface area contributed by atoms with Gasteiger partial charge >= 0.3 is 11.7 Å². The zero-order chi connectivity index (χ0) is 12.1. The number of carbonyl (C=O) groups is 1. The number of nitrogens with one attached hydrogen (secondary N) is 1. The zero-order valence-electron chi connectivity index (χ0n) is 8.90. The number of hydrogen-bond donors (Lipinski definition) is 1. The number of carbonyl (C=O) groups excluding carboxylic acids is 1. The highest BCUT2D eigenvalue weighted by Crippen LogP contribution is 2.18. The Labute approximate surface area is 105 Å². The highest BCUT2D eigenvalue weighted by atomic mass is 79.9. The zero-order valence-corrected chi connectivity index (χ0v) is 11.3. The predicted molar refractivity (Wildman–Crippen MR) is 64.0 cm³/mol. The number of alkyl halides is 1. The van der Waals surface area contributed by atoms with Gasteiger partial charge in [-0.05, 0) is 6.92 Å². The van der Waals surface area contributed by atoms with Crippen LogP contribution in [-0.4, -0.2) is 38.4 Å². The van der Waals surface area contributed by atoms with E-state index in [1.54, 1.807) is 0 Å². The molecular formula is C8H12BrN3O3S. The maximum Gasteiger partial charge on any atom is 0.343 e. The van der Waals surface area contributed by atoms with Crippen LogP contribution in [0.5, 0.6) is 0 Å². The van der Waals surface area contributed by atoms with Gasteiger partial charge < -0.3 is 4.74 Å². The molecule has 90 valence electrons. The van der Waals surface area contributed by atoms with Crippen molar-refractivity contribution in [3.05, 3.63) is 10.5 Å². The second-order valence-corrected chi connectivity index (χ2v) is 4.95. The number of rotatable bonds is 5. The number of methoxy groups -OCH3 is 1. The minimum atomic E-state index is -0.403. The lowest BCUT2D eigenvalue weighted by molar-refractivity contribution is -0.139. The fourth-order valence-electron chi connectivity index (χ4n) is 1.04. The minimum absolute atomic E-state index is 0.241. The molecule has 0 amide bonds. The van der Waals surface area contributed by atoms with Gasteiger partial charge in [0, 0.05) is 12.3 Å². The molecule has 0 fully saturated rings. The van der Waals surface area contributed by atoms with Crippen LogP contribution < -0.4 is 5.69 Å². The summed E-state index contributed by atoms with van der Waals surface area (Å²) < 4.78 is 6.07. The van der Waals surface area contributed by atoms with E-state index in [0.717, 1.165) is 0 Å². The lowest BCUT2D eigenvalue weighted by atomic mass is 10.5. The van der Waals surface area contributed by atoms with Crippen LogP contribution in [0.2, 0.25) is 0 Å². The van der Waals surface area contributed by atoms with Crippen molar-refractivity contribution >= 4 is 33.7 Å². The number of esters is 1. The van der Waals surface area contributed by atoms with Gasteiger partial charge in [-0.25, -0.2) is 9.89 Å². The average molecular weight is 310 g/mol. The van der Waals surface area contributed by atoms with Crippen molar-refractivity contribution < 1.29 is 9.53 Å². The van der Waals surface area contributed by atoms with Gasteiger partial charge in [-0.1, -0.05) is 27.7 Å². The Morgan fingerprint density at radius 2 is 2.44 bits per heavy atom. The number of halogens is 1. The average Bonchev–Trinajstić information content (AvgIpc) is 2.65. The Morgan fingerprint density at radius 1 is 1.75 bits per heavy atom. The highest BCUT2D eigenvalue weighted by Gasteiger charge is 2.17. The van der Waals surface area contributed by atoms with Crippen LogP contribution in [-0.2, 0) is 16.1 Å². The SMILES string of the molecule is CCn1c(SCC(Br)C(=O)OC)n[nH]c1=O. The van der Waals surface area contributed by atoms with E-state index in [4.69, 9.17) is 0 Å². The molecule has 1 aromatic heterocycles. The Kier molecular flexibility index (Phi) is 5.07. The maximum atomic E-state index is 11.2. The maximum absolute atomic E-state index is 11.2. The van der Waals surface area contributed by atoms with Crippen LogP contribution >= 0.6 is 27.7 Å². The third-order valence-electron chi connectivity index (χ3n) is 1.86. The molecule has 0 saturated heterocycles. The molecule has 1 aromatic rings. The van der Waals surface area contributed by atoms with E-state index in [1.165, 1.54) is 23.4 Å². The summed E-state index contributed by atoms with van der Waals surface area (Å²) in [5.74, 6) is 0.116. The number of ether oxygens (including phenoxy) is 1. The molecule has 0 radical (unpaired) electrons. The molecule has 1 unspecified atom stereocenters. The van der Waals surface area contributed by atoms with Crippen LogP contribution in [0.25, 0.3) is 0 Å². The number of nitrogens with zero attached hydrogens (tertiary/aromatic N) is 2. The Bertz CT molecular complexity index is 417. The Hall–Kier alpha value is -0.760. The second-order valence-electron chi connectivity index (χ2n) is 2.86. The van der Waals surface area contributed by atoms with Gasteiger partial charge in [-0.15, -0.1) is 5.10 Å². The lowest BCUT2D eigenvalue weighted by Crippen LogP contribution is -2.19. The monoisotopic (exact) mass is 309 g/mol. The second kappa shape index (κ2) is 6.09. The van der Waals surface area contributed by atoms with Crippen molar-refractivity contribution in [3.8, 4) is 0 Å². The molecule has 0 aliphatic carbocycles. The lowest BCUT2D eigenvalue weighted by Gasteiger charge is -2.06. The molecule has 8 heteroatoms. The Morgan fingerprint density at radius 3 is 3.00 bits per heavy atom. The van der Waals surface area contributed by atoms with Gasteiger partial charge in [0.25, 0.3) is 0 Å². The molecule has 1 heterocycles. The summed E-state index contributed by atoms with van der Waals surface area (Å²) in [7, 11) is 1.33. The number of thioether (sulfide) groups is 1. The molecule has 0 aliphatic rings. The fourth-order valence-corrected chi connectivity index (χ4v) is 2.53. The largest absolute Gasteiger partial charge is 0.468 e. The standard InChI is InChI=1S/C8H12BrN3O3S/c1-3-12-7(14)10-11-8(12)16-4-5(9)6(13)15-2/h5H,3-4H2,1-2H3,(H,10,14). The van der Waals surface area contributed by atoms with E-state index in [1.807, 2.05) is 6.92 Å². The molecule has 0 spiro atoms. The van der Waals surface area contributed by atoms with E-state index in [-0.39, 0.29) is 11.7 Å². The summed E-state index contributed by atoms with van der Waals surface area (Å²) in [4.78, 5) is 21.9. The van der Waals surface area contributed by atoms with Crippen LogP contribution in [0.3, 0.4) is 0 Å². The third-order valence-corrected chi connectivity index (χ3v) is 4.05. The van der Waals surface area contributed by atoms with E-state index >= 15 is 0 Å². The quantitative estimate of drug-likeness (QED) is 0.490. The first-order valence-electron chi connectivity index (χ1n) is 4.60. The van der Waals surface area contributed by atoms with E-state index < -0.39 is 4.83 Å². The smallest absolute Gasteiger partial charge is 0.343 e. The topological polar surface area (TPSA) is 77.0 Å². The summed E-state index contributed by atoms with van der Waals surface area (Å²) in [5.41, 5.74) is -0.241. The first kappa shape index (κ1) is 13.3. The number of aromatic nitrogens is 3. The molecule has 1 atom stereocenters. The molecule has 0 saturated carbocycles. The van der Waals surface area contributed by atoms with Crippen LogP contribution in [0, 0.1) is 0 Å². The van der Waals surface area contributed by atoms with Crippen LogP contribution in [0.1, 0.15) is 6.92 Å². The Balaban J connectivity index is 2.61. The molecule has 0 aliphatic heterocycles. The van der Waals surface area contributed by atoms with Gasteiger partial charge in [-0.2, -0.15) is 0 Å². The van der Waals surface area contributed by atoms with Gasteiger partial charge in [0.05, 0.1) is 7.11 Å². The number of H-pyrrole nitrogens is 1. The predicted octanol–water partition coefficient (Wildman–Crippen LogP) is 0.620. The summed E-state index contributed by atoms with van der Waals surface area (Å²) in [6.07, 6.45) is 0. The van der Waals surface area contributed by atoms with E-state index in [2.05, 4.69) is 30.9 Å². The van der Waals surface area contributed by atoms with Crippen molar-refractivity contribution in [1.29, 1.82) is 0 Å². The van der Waals surface area contributed by atoms with Crippen molar-refractivity contribution in [1.82, 2.24) is 14.8 Å². The molecule has 1 N–H and O–H groups in total. The van der Waals surface area contributed by atoms with E-state index in [0.29, 0.717) is 17.5 Å². The highest BCUT2D eigenvalue weighted by molar-refractivity contribution is 9.10. The van der Waals surface area contributed by atoms with E-state index in [9.17, 15) is 9.59 Å². The van der Waals surface area contributed by atoms with Gasteiger partial charge in [-0.3, -0.25) is 9.36 Å².